The van der Waals surface area contributed by atoms with Gasteiger partial charge in [-0.3, -0.25) is 9.30 Å². The smallest absolute Gasteiger partial charge is 0.234 e. The lowest BCUT2D eigenvalue weighted by atomic mass is 9.80. The molecular weight excluding hydrogens is 414 g/mol. The topological polar surface area (TPSA) is 84.4 Å². The zero-order valence-corrected chi connectivity index (χ0v) is 19.7. The minimum absolute atomic E-state index is 0.0354. The van der Waals surface area contributed by atoms with Crippen molar-refractivity contribution in [3.63, 3.8) is 0 Å². The van der Waals surface area contributed by atoms with Crippen molar-refractivity contribution in [1.29, 1.82) is 0 Å². The van der Waals surface area contributed by atoms with Crippen molar-refractivity contribution < 1.29 is 5.11 Å². The monoisotopic (exact) mass is 443 g/mol. The fourth-order valence-corrected chi connectivity index (χ4v) is 5.29. The zero-order chi connectivity index (χ0) is 23.4. The minimum Gasteiger partial charge on any atom is -0.507 e. The molecule has 0 atom stereocenters. The van der Waals surface area contributed by atoms with Gasteiger partial charge in [0.25, 0.3) is 0 Å². The van der Waals surface area contributed by atoms with Gasteiger partial charge in [0.05, 0.1) is 29.5 Å². The lowest BCUT2D eigenvalue weighted by Crippen LogP contribution is -2.57. The van der Waals surface area contributed by atoms with Crippen molar-refractivity contribution in [3.05, 3.63) is 60.8 Å². The highest BCUT2D eigenvalue weighted by molar-refractivity contribution is 5.71. The van der Waals surface area contributed by atoms with Crippen LogP contribution in [0.15, 0.2) is 55.1 Å². The lowest BCUT2D eigenvalue weighted by molar-refractivity contribution is 0.0446. The summed E-state index contributed by atoms with van der Waals surface area (Å²) in [6, 6.07) is 7.36. The van der Waals surface area contributed by atoms with Crippen LogP contribution < -0.4 is 0 Å². The molecule has 0 spiro atoms. The minimum atomic E-state index is -0.0583. The van der Waals surface area contributed by atoms with Crippen LogP contribution in [0.1, 0.15) is 46.7 Å². The van der Waals surface area contributed by atoms with E-state index in [1.54, 1.807) is 18.5 Å². The number of aromatic hydroxyl groups is 1. The molecule has 1 aromatic carbocycles. The molecule has 0 saturated heterocycles. The second-order valence-corrected chi connectivity index (χ2v) is 9.72. The molecule has 170 valence electrons. The molecule has 0 fully saturated rings. The Bertz CT molecular complexity index is 1350. The Balaban J connectivity index is 1.51. The Labute approximate surface area is 193 Å². The Kier molecular flexibility index (Phi) is 4.86. The third-order valence-corrected chi connectivity index (χ3v) is 6.46. The number of hydrogen-bond acceptors (Lipinski definition) is 6. The van der Waals surface area contributed by atoms with Gasteiger partial charge in [-0.15, -0.1) is 0 Å². The van der Waals surface area contributed by atoms with Crippen molar-refractivity contribution >= 4 is 11.4 Å². The lowest BCUT2D eigenvalue weighted by Gasteiger charge is -2.51. The zero-order valence-electron chi connectivity index (χ0n) is 19.7. The first kappa shape index (κ1) is 21.3. The molecule has 8 nitrogen and oxygen atoms in total. The van der Waals surface area contributed by atoms with Gasteiger partial charge in [0.2, 0.25) is 5.78 Å². The molecule has 0 saturated carbocycles. The first-order valence-corrected chi connectivity index (χ1v) is 11.2. The molecule has 3 aromatic heterocycles. The van der Waals surface area contributed by atoms with Crippen molar-refractivity contribution in [2.45, 2.75) is 52.1 Å². The molecule has 0 radical (unpaired) electrons. The molecule has 1 aliphatic rings. The van der Waals surface area contributed by atoms with E-state index in [9.17, 15) is 5.11 Å². The molecule has 0 amide bonds. The third kappa shape index (κ3) is 3.70. The predicted molar refractivity (Wildman–Crippen MR) is 128 cm³/mol. The molecule has 33 heavy (non-hydrogen) atoms. The molecule has 4 aromatic rings. The van der Waals surface area contributed by atoms with Crippen LogP contribution in [-0.4, -0.2) is 57.0 Å². The van der Waals surface area contributed by atoms with Crippen LogP contribution in [0.25, 0.3) is 28.3 Å². The normalized spacial score (nSPS) is 17.9. The van der Waals surface area contributed by atoms with Gasteiger partial charge in [-0.2, -0.15) is 15.0 Å². The van der Waals surface area contributed by atoms with Gasteiger partial charge in [-0.05, 0) is 64.4 Å². The molecule has 0 bridgehead atoms. The number of rotatable bonds is 4. The Morgan fingerprint density at radius 3 is 2.39 bits per heavy atom. The van der Waals surface area contributed by atoms with Gasteiger partial charge in [-0.25, -0.2) is 9.97 Å². The number of likely N-dealkylation sites (N-methyl/N-ethyl adjacent to an activating group) is 1. The molecule has 8 heteroatoms. The first-order chi connectivity index (χ1) is 15.7. The molecule has 4 heterocycles. The maximum Gasteiger partial charge on any atom is 0.234 e. The summed E-state index contributed by atoms with van der Waals surface area (Å²) in [5.74, 6) is 0.723. The summed E-state index contributed by atoms with van der Waals surface area (Å²) in [6.45, 7) is 12.3. The SMILES string of the molecule is CCN1C(C)(C)C=C(c2ccn3cc(-c4ccc(-n5nccn5)cc4O)nc3n2)CC1(C)C. The fourth-order valence-electron chi connectivity index (χ4n) is 5.29. The van der Waals surface area contributed by atoms with Crippen molar-refractivity contribution in [2.75, 3.05) is 6.54 Å². The summed E-state index contributed by atoms with van der Waals surface area (Å²) in [6.07, 6.45) is 10.3. The summed E-state index contributed by atoms with van der Waals surface area (Å²) >= 11 is 0. The number of hydrogen-bond donors (Lipinski definition) is 1. The van der Waals surface area contributed by atoms with E-state index in [-0.39, 0.29) is 16.8 Å². The standard InChI is InChI=1S/C25H29N7O/c1-6-31-24(2,3)14-17(15-25(31,4)5)20-9-12-30-16-21(29-23(30)28-20)19-8-7-18(13-22(19)33)32-26-10-11-27-32/h7-14,16,33H,6,15H2,1-5H3. The van der Waals surface area contributed by atoms with Crippen LogP contribution in [0, 0.1) is 0 Å². The van der Waals surface area contributed by atoms with E-state index in [2.05, 4.69) is 55.8 Å². The number of aromatic nitrogens is 6. The Morgan fingerprint density at radius 2 is 1.73 bits per heavy atom. The highest BCUT2D eigenvalue weighted by Gasteiger charge is 2.40. The molecular formula is C25H29N7O. The average Bonchev–Trinajstić information content (AvgIpc) is 3.41. The van der Waals surface area contributed by atoms with Crippen LogP contribution in [0.5, 0.6) is 5.75 Å². The van der Waals surface area contributed by atoms with Crippen LogP contribution in [0.4, 0.5) is 0 Å². The van der Waals surface area contributed by atoms with Crippen LogP contribution >= 0.6 is 0 Å². The third-order valence-electron chi connectivity index (χ3n) is 6.46. The van der Waals surface area contributed by atoms with Crippen LogP contribution in [0.2, 0.25) is 0 Å². The van der Waals surface area contributed by atoms with E-state index in [1.807, 2.05) is 35.0 Å². The van der Waals surface area contributed by atoms with E-state index >= 15 is 0 Å². The summed E-state index contributed by atoms with van der Waals surface area (Å²) in [5.41, 5.74) is 4.14. The Hall–Kier alpha value is -3.52. The van der Waals surface area contributed by atoms with E-state index in [1.165, 1.54) is 10.4 Å². The number of phenolic OH excluding ortho intramolecular Hbond substituents is 1. The Morgan fingerprint density at radius 1 is 1.00 bits per heavy atom. The number of imidazole rings is 1. The maximum absolute atomic E-state index is 10.6. The first-order valence-electron chi connectivity index (χ1n) is 11.2. The van der Waals surface area contributed by atoms with Gasteiger partial charge in [0.15, 0.2) is 0 Å². The van der Waals surface area contributed by atoms with Crippen molar-refractivity contribution in [3.8, 4) is 22.7 Å². The molecule has 0 aliphatic carbocycles. The van der Waals surface area contributed by atoms with E-state index in [4.69, 9.17) is 9.97 Å². The molecule has 1 N–H and O–H groups in total. The average molecular weight is 444 g/mol. The highest BCUT2D eigenvalue weighted by Crippen LogP contribution is 2.40. The highest BCUT2D eigenvalue weighted by atomic mass is 16.3. The van der Waals surface area contributed by atoms with Crippen LogP contribution in [-0.2, 0) is 0 Å². The van der Waals surface area contributed by atoms with Gasteiger partial charge < -0.3 is 5.11 Å². The second kappa shape index (κ2) is 7.52. The van der Waals surface area contributed by atoms with Gasteiger partial charge >= 0.3 is 0 Å². The van der Waals surface area contributed by atoms with E-state index in [0.29, 0.717) is 22.7 Å². The predicted octanol–water partition coefficient (Wildman–Crippen LogP) is 4.35. The van der Waals surface area contributed by atoms with Gasteiger partial charge in [-0.1, -0.05) is 13.0 Å². The number of fused-ring (bicyclic) bond motifs is 1. The number of phenols is 1. The van der Waals surface area contributed by atoms with E-state index in [0.717, 1.165) is 18.7 Å². The summed E-state index contributed by atoms with van der Waals surface area (Å²) in [4.78, 5) is 13.6. The molecule has 0 unspecified atom stereocenters. The maximum atomic E-state index is 10.6. The largest absolute Gasteiger partial charge is 0.507 e. The van der Waals surface area contributed by atoms with Crippen LogP contribution in [0.3, 0.4) is 0 Å². The summed E-state index contributed by atoms with van der Waals surface area (Å²) < 4.78 is 1.89. The molecule has 1 aliphatic heterocycles. The number of nitrogens with zero attached hydrogens (tertiary/aromatic N) is 7. The fraction of sp³-hybridized carbons (Fsp3) is 0.360. The van der Waals surface area contributed by atoms with Crippen molar-refractivity contribution in [2.24, 2.45) is 0 Å². The molecule has 5 rings (SSSR count). The van der Waals surface area contributed by atoms with E-state index < -0.39 is 0 Å². The quantitative estimate of drug-likeness (QED) is 0.505. The number of benzene rings is 1. The van der Waals surface area contributed by atoms with Gasteiger partial charge in [0.1, 0.15) is 5.75 Å². The summed E-state index contributed by atoms with van der Waals surface area (Å²) in [7, 11) is 0. The van der Waals surface area contributed by atoms with Crippen molar-refractivity contribution in [1.82, 2.24) is 34.3 Å². The summed E-state index contributed by atoms with van der Waals surface area (Å²) in [5, 5.41) is 18.8. The second-order valence-electron chi connectivity index (χ2n) is 9.72. The van der Waals surface area contributed by atoms with Gasteiger partial charge in [0, 0.05) is 35.1 Å².